The van der Waals surface area contributed by atoms with Crippen LogP contribution in [0, 0.1) is 12.8 Å². The van der Waals surface area contributed by atoms with Gasteiger partial charge in [-0.05, 0) is 44.2 Å². The number of fused-ring (bicyclic) bond motifs is 1. The van der Waals surface area contributed by atoms with Gasteiger partial charge in [0.05, 0.1) is 28.1 Å². The molecule has 0 unspecified atom stereocenters. The second-order valence-corrected chi connectivity index (χ2v) is 7.75. The second-order valence-electron chi connectivity index (χ2n) is 7.75. The van der Waals surface area contributed by atoms with E-state index in [0.717, 1.165) is 59.2 Å². The van der Waals surface area contributed by atoms with Crippen LogP contribution in [-0.2, 0) is 19.4 Å². The van der Waals surface area contributed by atoms with E-state index >= 15 is 0 Å². The minimum absolute atomic E-state index is 0.818. The van der Waals surface area contributed by atoms with E-state index in [1.165, 1.54) is 18.4 Å². The van der Waals surface area contributed by atoms with E-state index in [2.05, 4.69) is 42.0 Å². The van der Waals surface area contributed by atoms with Gasteiger partial charge in [0, 0.05) is 24.7 Å². The van der Waals surface area contributed by atoms with Gasteiger partial charge in [-0.2, -0.15) is 0 Å². The van der Waals surface area contributed by atoms with Crippen molar-refractivity contribution in [3.8, 4) is 11.3 Å². The van der Waals surface area contributed by atoms with E-state index in [1.807, 2.05) is 30.3 Å². The molecular weight excluding hydrogens is 344 g/mol. The van der Waals surface area contributed by atoms with E-state index in [4.69, 9.17) is 15.0 Å². The molecule has 1 aliphatic rings. The Morgan fingerprint density at radius 1 is 0.857 bits per heavy atom. The molecule has 5 rings (SSSR count). The van der Waals surface area contributed by atoms with Crippen molar-refractivity contribution in [1.82, 2.24) is 19.5 Å². The predicted octanol–water partition coefficient (Wildman–Crippen LogP) is 5.00. The van der Waals surface area contributed by atoms with Gasteiger partial charge in [-0.1, -0.05) is 42.5 Å². The summed E-state index contributed by atoms with van der Waals surface area (Å²) < 4.78 is 2.36. The van der Waals surface area contributed by atoms with Crippen molar-refractivity contribution in [1.29, 1.82) is 0 Å². The van der Waals surface area contributed by atoms with Crippen molar-refractivity contribution in [2.75, 3.05) is 0 Å². The van der Waals surface area contributed by atoms with Gasteiger partial charge < -0.3 is 4.57 Å². The topological polar surface area (TPSA) is 43.6 Å². The van der Waals surface area contributed by atoms with Crippen LogP contribution in [0.2, 0.25) is 0 Å². The molecule has 4 heteroatoms. The molecule has 0 saturated heterocycles. The van der Waals surface area contributed by atoms with E-state index in [-0.39, 0.29) is 0 Å². The monoisotopic (exact) mass is 368 g/mol. The van der Waals surface area contributed by atoms with Crippen molar-refractivity contribution in [2.24, 2.45) is 5.92 Å². The molecular formula is C24H24N4. The zero-order chi connectivity index (χ0) is 18.9. The molecule has 0 bridgehead atoms. The molecule has 1 saturated carbocycles. The Morgan fingerprint density at radius 3 is 2.32 bits per heavy atom. The molecule has 0 N–H and O–H groups in total. The Labute approximate surface area is 165 Å². The van der Waals surface area contributed by atoms with Crippen molar-refractivity contribution >= 4 is 11.0 Å². The Bertz CT molecular complexity index is 1110. The first kappa shape index (κ1) is 17.1. The third kappa shape index (κ3) is 3.55. The lowest BCUT2D eigenvalue weighted by atomic mass is 10.1. The standard InChI is InChI=1S/C24H24N4/c1-17-20(26-22-10-6-5-9-21(22)25-17)13-14-24-27-23(19-7-3-2-4-8-19)16-28(24)15-18-11-12-18/h2-10,16,18H,11-15H2,1H3. The summed E-state index contributed by atoms with van der Waals surface area (Å²) in [5.41, 5.74) is 6.26. The Morgan fingerprint density at radius 2 is 1.57 bits per heavy atom. The lowest BCUT2D eigenvalue weighted by Gasteiger charge is -2.08. The third-order valence-corrected chi connectivity index (χ3v) is 5.51. The molecule has 2 aromatic heterocycles. The van der Waals surface area contributed by atoms with E-state index < -0.39 is 0 Å². The average Bonchev–Trinajstić information content (AvgIpc) is 3.45. The normalized spacial score (nSPS) is 13.9. The van der Waals surface area contributed by atoms with Gasteiger partial charge in [0.25, 0.3) is 0 Å². The number of benzene rings is 2. The number of para-hydroxylation sites is 2. The smallest absolute Gasteiger partial charge is 0.109 e. The number of nitrogens with zero attached hydrogens (tertiary/aromatic N) is 4. The summed E-state index contributed by atoms with van der Waals surface area (Å²) in [4.78, 5) is 14.6. The number of hydrogen-bond acceptors (Lipinski definition) is 3. The quantitative estimate of drug-likeness (QED) is 0.481. The number of rotatable bonds is 6. The van der Waals surface area contributed by atoms with E-state index in [1.54, 1.807) is 0 Å². The largest absolute Gasteiger partial charge is 0.334 e. The molecule has 0 spiro atoms. The minimum Gasteiger partial charge on any atom is -0.334 e. The first-order chi connectivity index (χ1) is 13.8. The number of hydrogen-bond donors (Lipinski definition) is 0. The summed E-state index contributed by atoms with van der Waals surface area (Å²) in [5, 5.41) is 0. The van der Waals surface area contributed by atoms with Gasteiger partial charge in [0.2, 0.25) is 0 Å². The fraction of sp³-hybridized carbons (Fsp3) is 0.292. The number of aromatic nitrogens is 4. The van der Waals surface area contributed by atoms with Crippen LogP contribution in [0.1, 0.15) is 30.1 Å². The lowest BCUT2D eigenvalue weighted by molar-refractivity contribution is 0.592. The molecule has 2 heterocycles. The predicted molar refractivity (Wildman–Crippen MR) is 112 cm³/mol. The van der Waals surface area contributed by atoms with Crippen LogP contribution in [-0.4, -0.2) is 19.5 Å². The molecule has 0 amide bonds. The maximum absolute atomic E-state index is 4.98. The molecule has 0 aliphatic heterocycles. The summed E-state index contributed by atoms with van der Waals surface area (Å²) in [6, 6.07) is 18.5. The van der Waals surface area contributed by atoms with E-state index in [0.29, 0.717) is 0 Å². The van der Waals surface area contributed by atoms with Crippen molar-refractivity contribution in [2.45, 2.75) is 39.2 Å². The summed E-state index contributed by atoms with van der Waals surface area (Å²) in [7, 11) is 0. The Balaban J connectivity index is 1.42. The zero-order valence-electron chi connectivity index (χ0n) is 16.2. The maximum Gasteiger partial charge on any atom is 0.109 e. The average molecular weight is 368 g/mol. The van der Waals surface area contributed by atoms with Crippen LogP contribution in [0.4, 0.5) is 0 Å². The van der Waals surface area contributed by atoms with Crippen molar-refractivity contribution < 1.29 is 0 Å². The Hall–Kier alpha value is -3.01. The zero-order valence-corrected chi connectivity index (χ0v) is 16.2. The maximum atomic E-state index is 4.98. The number of aryl methyl sites for hydroxylation is 3. The molecule has 4 nitrogen and oxygen atoms in total. The highest BCUT2D eigenvalue weighted by Crippen LogP contribution is 2.32. The lowest BCUT2D eigenvalue weighted by Crippen LogP contribution is -2.08. The van der Waals surface area contributed by atoms with Gasteiger partial charge in [-0.15, -0.1) is 0 Å². The fourth-order valence-electron chi connectivity index (χ4n) is 3.73. The first-order valence-corrected chi connectivity index (χ1v) is 10.1. The van der Waals surface area contributed by atoms with E-state index in [9.17, 15) is 0 Å². The third-order valence-electron chi connectivity index (χ3n) is 5.51. The fourth-order valence-corrected chi connectivity index (χ4v) is 3.73. The molecule has 0 atom stereocenters. The summed E-state index contributed by atoms with van der Waals surface area (Å²) in [6.07, 6.45) is 6.65. The van der Waals surface area contributed by atoms with Crippen LogP contribution in [0.25, 0.3) is 22.3 Å². The van der Waals surface area contributed by atoms with Crippen LogP contribution >= 0.6 is 0 Å². The highest BCUT2D eigenvalue weighted by Gasteiger charge is 2.23. The minimum atomic E-state index is 0.818. The van der Waals surface area contributed by atoms with Crippen LogP contribution in [0.15, 0.2) is 60.8 Å². The molecule has 0 radical (unpaired) electrons. The van der Waals surface area contributed by atoms with Gasteiger partial charge in [-0.25, -0.2) is 15.0 Å². The van der Waals surface area contributed by atoms with Gasteiger partial charge in [-0.3, -0.25) is 0 Å². The molecule has 140 valence electrons. The summed E-state index contributed by atoms with van der Waals surface area (Å²) in [6.45, 7) is 3.14. The molecule has 2 aromatic carbocycles. The highest BCUT2D eigenvalue weighted by atomic mass is 15.1. The molecule has 1 aliphatic carbocycles. The molecule has 4 aromatic rings. The van der Waals surface area contributed by atoms with Gasteiger partial charge in [0.1, 0.15) is 5.82 Å². The van der Waals surface area contributed by atoms with Gasteiger partial charge in [0.15, 0.2) is 0 Å². The summed E-state index contributed by atoms with van der Waals surface area (Å²) in [5.74, 6) is 1.97. The summed E-state index contributed by atoms with van der Waals surface area (Å²) >= 11 is 0. The molecule has 28 heavy (non-hydrogen) atoms. The van der Waals surface area contributed by atoms with Crippen molar-refractivity contribution in [3.63, 3.8) is 0 Å². The highest BCUT2D eigenvalue weighted by molar-refractivity contribution is 5.74. The Kier molecular flexibility index (Phi) is 4.40. The van der Waals surface area contributed by atoms with Crippen LogP contribution < -0.4 is 0 Å². The van der Waals surface area contributed by atoms with Gasteiger partial charge >= 0.3 is 0 Å². The van der Waals surface area contributed by atoms with Crippen molar-refractivity contribution in [3.05, 3.63) is 78.0 Å². The van der Waals surface area contributed by atoms with Crippen LogP contribution in [0.3, 0.4) is 0 Å². The first-order valence-electron chi connectivity index (χ1n) is 10.1. The molecule has 1 fully saturated rings. The number of imidazole rings is 1. The van der Waals surface area contributed by atoms with Crippen LogP contribution in [0.5, 0.6) is 0 Å². The second kappa shape index (κ2) is 7.19. The SMILES string of the molecule is Cc1nc2ccccc2nc1CCc1nc(-c2ccccc2)cn1CC1CC1.